The zero-order chi connectivity index (χ0) is 37.7. The van der Waals surface area contributed by atoms with Gasteiger partial charge in [-0.3, -0.25) is 18.6 Å². The predicted octanol–water partition coefficient (Wildman–Crippen LogP) is 10.2. The average molecular weight is 747 g/mol. The van der Waals surface area contributed by atoms with E-state index in [1.54, 1.807) is 0 Å². The number of aliphatic hydroxyl groups excluding tert-OH is 2. The first-order valence-electron chi connectivity index (χ1n) is 20.3. The molecule has 0 aliphatic rings. The number of hydrogen-bond donors (Lipinski definition) is 3. The molecule has 0 heterocycles. The Morgan fingerprint density at radius 1 is 0.510 bits per heavy atom. The molecule has 3 atom stereocenters. The molecule has 0 saturated heterocycles. The molecule has 0 radical (unpaired) electrons. The monoisotopic (exact) mass is 747 g/mol. The highest BCUT2D eigenvalue weighted by molar-refractivity contribution is 7.47. The number of phosphoric ester groups is 1. The van der Waals surface area contributed by atoms with Crippen LogP contribution in [-0.2, 0) is 32.7 Å². The maximum atomic E-state index is 12.3. The fraction of sp³-hybridized carbons (Fsp3) is 0.850. The molecule has 0 aliphatic heterocycles. The molecular weight excluding hydrogens is 671 g/mol. The van der Waals surface area contributed by atoms with Gasteiger partial charge in [0.2, 0.25) is 0 Å². The zero-order valence-corrected chi connectivity index (χ0v) is 33.2. The lowest BCUT2D eigenvalue weighted by Gasteiger charge is -2.20. The topological polar surface area (TPSA) is 149 Å². The first kappa shape index (κ1) is 49.5. The molecule has 0 aromatic heterocycles. The van der Waals surface area contributed by atoms with Crippen LogP contribution in [0.5, 0.6) is 0 Å². The molecule has 0 aliphatic carbocycles. The van der Waals surface area contributed by atoms with Crippen LogP contribution in [0.25, 0.3) is 0 Å². The summed E-state index contributed by atoms with van der Waals surface area (Å²) in [6.45, 7) is 2.14. The molecule has 0 rings (SSSR count). The predicted molar refractivity (Wildman–Crippen MR) is 205 cm³/mol. The van der Waals surface area contributed by atoms with E-state index in [9.17, 15) is 29.3 Å². The number of aliphatic hydroxyl groups is 2. The summed E-state index contributed by atoms with van der Waals surface area (Å²) in [4.78, 5) is 34.4. The summed E-state index contributed by atoms with van der Waals surface area (Å²) in [6, 6.07) is 0. The van der Waals surface area contributed by atoms with Crippen molar-refractivity contribution in [3.8, 4) is 0 Å². The fourth-order valence-corrected chi connectivity index (χ4v) is 6.23. The Kier molecular flexibility index (Phi) is 35.7. The Balaban J connectivity index is 3.94. The molecule has 10 nitrogen and oxygen atoms in total. The third kappa shape index (κ3) is 35.3. The Labute approximate surface area is 310 Å². The van der Waals surface area contributed by atoms with E-state index in [1.165, 1.54) is 77.0 Å². The van der Waals surface area contributed by atoms with Gasteiger partial charge in [0.25, 0.3) is 0 Å². The summed E-state index contributed by atoms with van der Waals surface area (Å²) < 4.78 is 32.5. The van der Waals surface area contributed by atoms with E-state index in [1.807, 2.05) is 0 Å². The second-order valence-electron chi connectivity index (χ2n) is 13.6. The van der Waals surface area contributed by atoms with E-state index in [-0.39, 0.29) is 12.8 Å². The van der Waals surface area contributed by atoms with E-state index >= 15 is 0 Å². The second-order valence-corrected chi connectivity index (χ2v) is 15.1. The van der Waals surface area contributed by atoms with Gasteiger partial charge in [0.15, 0.2) is 0 Å². The minimum absolute atomic E-state index is 0.182. The lowest BCUT2D eigenvalue weighted by atomic mass is 10.1. The van der Waals surface area contributed by atoms with Gasteiger partial charge in [0, 0.05) is 12.8 Å². The number of carbonyl (C=O) groups excluding carboxylic acids is 2. The zero-order valence-electron chi connectivity index (χ0n) is 32.3. The van der Waals surface area contributed by atoms with Gasteiger partial charge in [-0.1, -0.05) is 134 Å². The first-order chi connectivity index (χ1) is 24.8. The maximum absolute atomic E-state index is 12.3. The molecule has 0 aromatic carbocycles. The molecule has 0 amide bonds. The second kappa shape index (κ2) is 36.8. The van der Waals surface area contributed by atoms with E-state index < -0.39 is 58.4 Å². The van der Waals surface area contributed by atoms with Crippen molar-refractivity contribution in [1.29, 1.82) is 0 Å². The van der Waals surface area contributed by atoms with Crippen molar-refractivity contribution in [3.05, 3.63) is 24.3 Å². The lowest BCUT2D eigenvalue weighted by Crippen LogP contribution is -2.28. The standard InChI is InChI=1S/C40H75O10P/c1-3-5-7-9-11-13-15-16-17-18-19-20-22-24-26-28-30-32-40(44)50-38(34-42)36-48-51(45,46)47-35-37(33-41)49-39(43)31-29-27-25-23-21-14-12-10-8-6-4-2/h10,12,16-17,37-38,41-42H,3-9,11,13-15,18-36H2,1-2H3,(H,45,46)/b12-10-,17-16-. The molecule has 0 aromatic rings. The van der Waals surface area contributed by atoms with Crippen molar-refractivity contribution in [2.75, 3.05) is 26.4 Å². The van der Waals surface area contributed by atoms with Crippen molar-refractivity contribution in [2.24, 2.45) is 0 Å². The third-order valence-corrected chi connectivity index (χ3v) is 9.59. The van der Waals surface area contributed by atoms with Crippen LogP contribution in [0.1, 0.15) is 181 Å². The molecule has 0 spiro atoms. The number of ether oxygens (including phenoxy) is 2. The SMILES string of the molecule is CCCC/C=C\CCCCCCCC(=O)OC(CO)COP(=O)(O)OCC(CO)OC(=O)CCCCCCCCC/C=C\CCCCCCCC. The van der Waals surface area contributed by atoms with Crippen molar-refractivity contribution in [1.82, 2.24) is 0 Å². The van der Waals surface area contributed by atoms with E-state index in [0.717, 1.165) is 64.2 Å². The van der Waals surface area contributed by atoms with Crippen LogP contribution in [0, 0.1) is 0 Å². The van der Waals surface area contributed by atoms with Gasteiger partial charge in [-0.15, -0.1) is 0 Å². The average Bonchev–Trinajstić information content (AvgIpc) is 3.12. The van der Waals surface area contributed by atoms with Crippen molar-refractivity contribution in [2.45, 2.75) is 193 Å². The number of carbonyl (C=O) groups is 2. The molecule has 0 saturated carbocycles. The number of unbranched alkanes of at least 4 members (excludes halogenated alkanes) is 20. The minimum atomic E-state index is -4.63. The minimum Gasteiger partial charge on any atom is -0.457 e. The molecule has 11 heteroatoms. The van der Waals surface area contributed by atoms with Crippen LogP contribution in [0.3, 0.4) is 0 Å². The molecule has 0 fully saturated rings. The van der Waals surface area contributed by atoms with Gasteiger partial charge >= 0.3 is 19.8 Å². The summed E-state index contributed by atoms with van der Waals surface area (Å²) in [5, 5.41) is 19.1. The highest BCUT2D eigenvalue weighted by Gasteiger charge is 2.27. The first-order valence-corrected chi connectivity index (χ1v) is 21.8. The van der Waals surface area contributed by atoms with Crippen LogP contribution >= 0.6 is 7.82 Å². The summed E-state index contributed by atoms with van der Waals surface area (Å²) in [5.74, 6) is -1.03. The van der Waals surface area contributed by atoms with E-state index in [0.29, 0.717) is 12.8 Å². The Morgan fingerprint density at radius 2 is 0.824 bits per heavy atom. The highest BCUT2D eigenvalue weighted by atomic mass is 31.2. The number of hydrogen-bond acceptors (Lipinski definition) is 9. The van der Waals surface area contributed by atoms with Crippen LogP contribution in [0.15, 0.2) is 24.3 Å². The maximum Gasteiger partial charge on any atom is 0.472 e. The Bertz CT molecular complexity index is 910. The smallest absolute Gasteiger partial charge is 0.457 e. The number of esters is 2. The Morgan fingerprint density at radius 3 is 1.18 bits per heavy atom. The largest absolute Gasteiger partial charge is 0.472 e. The fourth-order valence-electron chi connectivity index (χ4n) is 5.44. The number of phosphoric acid groups is 1. The van der Waals surface area contributed by atoms with Crippen molar-refractivity contribution >= 4 is 19.8 Å². The molecule has 3 unspecified atom stereocenters. The molecule has 0 bridgehead atoms. The lowest BCUT2D eigenvalue weighted by molar-refractivity contribution is -0.153. The van der Waals surface area contributed by atoms with Gasteiger partial charge in [-0.2, -0.15) is 0 Å². The van der Waals surface area contributed by atoms with E-state index in [4.69, 9.17) is 18.5 Å². The molecule has 300 valence electrons. The van der Waals surface area contributed by atoms with Gasteiger partial charge < -0.3 is 24.6 Å². The van der Waals surface area contributed by atoms with Crippen LogP contribution in [0.4, 0.5) is 0 Å². The molecule has 51 heavy (non-hydrogen) atoms. The van der Waals surface area contributed by atoms with Gasteiger partial charge in [-0.25, -0.2) is 4.57 Å². The number of rotatable bonds is 38. The molecule has 3 N–H and O–H groups in total. The quantitative estimate of drug-likeness (QED) is 0.0241. The van der Waals surface area contributed by atoms with Gasteiger partial charge in [0.1, 0.15) is 12.2 Å². The third-order valence-electron chi connectivity index (χ3n) is 8.64. The normalized spacial score (nSPS) is 14.2. The van der Waals surface area contributed by atoms with Crippen LogP contribution in [-0.4, -0.2) is 65.7 Å². The van der Waals surface area contributed by atoms with Crippen molar-refractivity contribution in [3.63, 3.8) is 0 Å². The van der Waals surface area contributed by atoms with Crippen molar-refractivity contribution < 1.29 is 47.8 Å². The summed E-state index contributed by atoms with van der Waals surface area (Å²) in [7, 11) is -4.63. The summed E-state index contributed by atoms with van der Waals surface area (Å²) in [6.07, 6.45) is 34.4. The van der Waals surface area contributed by atoms with E-state index in [2.05, 4.69) is 38.2 Å². The van der Waals surface area contributed by atoms with Crippen LogP contribution in [0.2, 0.25) is 0 Å². The van der Waals surface area contributed by atoms with Gasteiger partial charge in [-0.05, 0) is 57.8 Å². The van der Waals surface area contributed by atoms with Crippen LogP contribution < -0.4 is 0 Å². The summed E-state index contributed by atoms with van der Waals surface area (Å²) in [5.41, 5.74) is 0. The summed E-state index contributed by atoms with van der Waals surface area (Å²) >= 11 is 0. The number of allylic oxidation sites excluding steroid dienone is 4. The van der Waals surface area contributed by atoms with Gasteiger partial charge in [0.05, 0.1) is 26.4 Å². The highest BCUT2D eigenvalue weighted by Crippen LogP contribution is 2.43. The Hall–Kier alpha value is -1.55. The molecular formula is C40H75O10P.